The molecule has 0 radical (unpaired) electrons. The maximum Gasteiger partial charge on any atom is 0.142 e. The van der Waals surface area contributed by atoms with E-state index in [0.717, 1.165) is 36.5 Å². The molecule has 0 bridgehead atoms. The van der Waals surface area contributed by atoms with Gasteiger partial charge in [-0.3, -0.25) is 9.69 Å². The molecule has 0 aliphatic carbocycles. The van der Waals surface area contributed by atoms with Gasteiger partial charge in [0.1, 0.15) is 12.4 Å². The highest BCUT2D eigenvalue weighted by atomic mass is 16.6. The Morgan fingerprint density at radius 3 is 2.13 bits per heavy atom. The van der Waals surface area contributed by atoms with Gasteiger partial charge in [0.2, 0.25) is 0 Å². The second kappa shape index (κ2) is 9.71. The highest BCUT2D eigenvalue weighted by molar-refractivity contribution is 5.98. The molecule has 158 valence electrons. The van der Waals surface area contributed by atoms with Crippen molar-refractivity contribution in [2.24, 2.45) is 11.1 Å². The van der Waals surface area contributed by atoms with Crippen molar-refractivity contribution in [3.63, 3.8) is 0 Å². The number of hydrogen-bond donors (Lipinski definition) is 0. The SMILES string of the molecule is CC(=O)C1CN(Cc2ccc(/C(C)=N\OCc3ccc(-c4ccccc4)cc3)cc2)C1. The Kier molecular flexibility index (Phi) is 6.58. The quantitative estimate of drug-likeness (QED) is 0.372. The average molecular weight is 413 g/mol. The molecule has 0 atom stereocenters. The lowest BCUT2D eigenvalue weighted by atomic mass is 9.95. The van der Waals surface area contributed by atoms with Crippen molar-refractivity contribution in [1.82, 2.24) is 4.90 Å². The number of likely N-dealkylation sites (tertiary alicyclic amines) is 1. The van der Waals surface area contributed by atoms with E-state index in [-0.39, 0.29) is 5.92 Å². The van der Waals surface area contributed by atoms with Gasteiger partial charge >= 0.3 is 0 Å². The van der Waals surface area contributed by atoms with E-state index >= 15 is 0 Å². The van der Waals surface area contributed by atoms with Gasteiger partial charge in [0.05, 0.1) is 5.71 Å². The van der Waals surface area contributed by atoms with E-state index in [9.17, 15) is 4.79 Å². The molecule has 0 N–H and O–H groups in total. The number of ketones is 1. The van der Waals surface area contributed by atoms with E-state index in [4.69, 9.17) is 4.84 Å². The molecule has 0 amide bonds. The third-order valence-electron chi connectivity index (χ3n) is 5.80. The minimum absolute atomic E-state index is 0.223. The van der Waals surface area contributed by atoms with Gasteiger partial charge in [0.25, 0.3) is 0 Å². The van der Waals surface area contributed by atoms with Gasteiger partial charge < -0.3 is 4.84 Å². The van der Waals surface area contributed by atoms with Crippen molar-refractivity contribution >= 4 is 11.5 Å². The molecule has 4 heteroatoms. The summed E-state index contributed by atoms with van der Waals surface area (Å²) < 4.78 is 0. The Bertz CT molecular complexity index is 1030. The Hall–Kier alpha value is -3.24. The normalized spacial score (nSPS) is 14.8. The summed E-state index contributed by atoms with van der Waals surface area (Å²) >= 11 is 0. The highest BCUT2D eigenvalue weighted by Crippen LogP contribution is 2.21. The first-order valence-electron chi connectivity index (χ1n) is 10.7. The van der Waals surface area contributed by atoms with Gasteiger partial charge in [0.15, 0.2) is 0 Å². The number of carbonyl (C=O) groups excluding carboxylic acids is 1. The summed E-state index contributed by atoms with van der Waals surface area (Å²) in [5.41, 5.74) is 6.64. The lowest BCUT2D eigenvalue weighted by Gasteiger charge is -2.37. The van der Waals surface area contributed by atoms with E-state index < -0.39 is 0 Å². The number of nitrogens with zero attached hydrogens (tertiary/aromatic N) is 2. The summed E-state index contributed by atoms with van der Waals surface area (Å²) in [6.45, 7) is 6.71. The summed E-state index contributed by atoms with van der Waals surface area (Å²) in [4.78, 5) is 19.2. The van der Waals surface area contributed by atoms with Gasteiger partial charge in [-0.2, -0.15) is 0 Å². The summed E-state index contributed by atoms with van der Waals surface area (Å²) in [5.74, 6) is 0.519. The molecule has 31 heavy (non-hydrogen) atoms. The maximum atomic E-state index is 11.3. The van der Waals surface area contributed by atoms with Crippen LogP contribution in [0.2, 0.25) is 0 Å². The monoisotopic (exact) mass is 412 g/mol. The lowest BCUT2D eigenvalue weighted by Crippen LogP contribution is -2.48. The topological polar surface area (TPSA) is 41.9 Å². The predicted octanol–water partition coefficient (Wildman–Crippen LogP) is 5.32. The van der Waals surface area contributed by atoms with Gasteiger partial charge in [0, 0.05) is 25.6 Å². The standard InChI is InChI=1S/C27H28N2O2/c1-20(24-12-8-22(9-13-24)16-29-17-27(18-29)21(2)30)28-31-19-23-10-14-26(15-11-23)25-6-4-3-5-7-25/h3-15,27H,16-19H2,1-2H3/b28-20-. The smallest absolute Gasteiger partial charge is 0.142 e. The van der Waals surface area contributed by atoms with Crippen molar-refractivity contribution in [1.29, 1.82) is 0 Å². The fourth-order valence-electron chi connectivity index (χ4n) is 3.75. The third kappa shape index (κ3) is 5.47. The summed E-state index contributed by atoms with van der Waals surface area (Å²) in [7, 11) is 0. The zero-order valence-electron chi connectivity index (χ0n) is 18.1. The molecule has 1 saturated heterocycles. The molecule has 0 saturated carbocycles. The van der Waals surface area contributed by atoms with E-state index in [2.05, 4.69) is 70.7 Å². The Morgan fingerprint density at radius 2 is 1.48 bits per heavy atom. The largest absolute Gasteiger partial charge is 0.391 e. The Labute approximate surface area is 184 Å². The van der Waals surface area contributed by atoms with Crippen LogP contribution in [0.1, 0.15) is 30.5 Å². The van der Waals surface area contributed by atoms with Crippen molar-refractivity contribution < 1.29 is 9.63 Å². The molecule has 1 aliphatic heterocycles. The van der Waals surface area contributed by atoms with Crippen LogP contribution in [0, 0.1) is 5.92 Å². The molecular formula is C27H28N2O2. The van der Waals surface area contributed by atoms with Gasteiger partial charge in [-0.25, -0.2) is 0 Å². The minimum Gasteiger partial charge on any atom is -0.391 e. The van der Waals surface area contributed by atoms with Gasteiger partial charge in [-0.1, -0.05) is 84.0 Å². The molecule has 4 rings (SSSR count). The van der Waals surface area contributed by atoms with Crippen molar-refractivity contribution in [3.05, 3.63) is 95.6 Å². The summed E-state index contributed by atoms with van der Waals surface area (Å²) in [6, 6.07) is 27.1. The fraction of sp³-hybridized carbons (Fsp3) is 0.259. The molecular weight excluding hydrogens is 384 g/mol. The van der Waals surface area contributed by atoms with Crippen LogP contribution in [0.15, 0.2) is 84.0 Å². The third-order valence-corrected chi connectivity index (χ3v) is 5.80. The van der Waals surface area contributed by atoms with E-state index in [1.54, 1.807) is 6.92 Å². The Morgan fingerprint density at radius 1 is 0.871 bits per heavy atom. The highest BCUT2D eigenvalue weighted by Gasteiger charge is 2.29. The van der Waals surface area contributed by atoms with Crippen LogP contribution in [0.25, 0.3) is 11.1 Å². The van der Waals surface area contributed by atoms with Gasteiger partial charge in [-0.15, -0.1) is 0 Å². The number of Topliss-reactive ketones (excluding diaryl/α,β-unsaturated/α-hetero) is 1. The summed E-state index contributed by atoms with van der Waals surface area (Å²) in [6.07, 6.45) is 0. The van der Waals surface area contributed by atoms with Crippen molar-refractivity contribution in [2.75, 3.05) is 13.1 Å². The Balaban J connectivity index is 1.27. The first kappa shape index (κ1) is 21.0. The summed E-state index contributed by atoms with van der Waals surface area (Å²) in [5, 5.41) is 4.29. The molecule has 1 fully saturated rings. The second-order valence-corrected chi connectivity index (χ2v) is 8.21. The van der Waals surface area contributed by atoms with Crippen LogP contribution in [0.5, 0.6) is 0 Å². The lowest BCUT2D eigenvalue weighted by molar-refractivity contribution is -0.126. The fourth-order valence-corrected chi connectivity index (χ4v) is 3.75. The van der Waals surface area contributed by atoms with Crippen molar-refractivity contribution in [3.8, 4) is 11.1 Å². The van der Waals surface area contributed by atoms with E-state index in [0.29, 0.717) is 12.4 Å². The second-order valence-electron chi connectivity index (χ2n) is 8.21. The number of carbonyl (C=O) groups is 1. The van der Waals surface area contributed by atoms with Crippen LogP contribution < -0.4 is 0 Å². The molecule has 0 spiro atoms. The minimum atomic E-state index is 0.223. The molecule has 3 aromatic carbocycles. The number of hydrogen-bond acceptors (Lipinski definition) is 4. The molecule has 0 aromatic heterocycles. The number of oxime groups is 1. The van der Waals surface area contributed by atoms with Crippen LogP contribution in [0.4, 0.5) is 0 Å². The maximum absolute atomic E-state index is 11.3. The molecule has 4 nitrogen and oxygen atoms in total. The number of rotatable bonds is 8. The molecule has 0 unspecified atom stereocenters. The molecule has 1 heterocycles. The van der Waals surface area contributed by atoms with Crippen molar-refractivity contribution in [2.45, 2.75) is 27.0 Å². The molecule has 1 aliphatic rings. The van der Waals surface area contributed by atoms with Crippen LogP contribution in [-0.2, 0) is 22.8 Å². The van der Waals surface area contributed by atoms with Crippen LogP contribution in [0.3, 0.4) is 0 Å². The van der Waals surface area contributed by atoms with Gasteiger partial charge in [-0.05, 0) is 41.7 Å². The zero-order valence-corrected chi connectivity index (χ0v) is 18.1. The zero-order chi connectivity index (χ0) is 21.6. The first-order valence-corrected chi connectivity index (χ1v) is 10.7. The van der Waals surface area contributed by atoms with E-state index in [1.807, 2.05) is 25.1 Å². The van der Waals surface area contributed by atoms with Crippen LogP contribution in [-0.4, -0.2) is 29.5 Å². The van der Waals surface area contributed by atoms with E-state index in [1.165, 1.54) is 16.7 Å². The van der Waals surface area contributed by atoms with Crippen LogP contribution >= 0.6 is 0 Å². The average Bonchev–Trinajstić information content (AvgIpc) is 2.77. The predicted molar refractivity (Wildman–Crippen MR) is 125 cm³/mol. The first-order chi connectivity index (χ1) is 15.1. The number of benzene rings is 3. The molecule has 3 aromatic rings.